The van der Waals surface area contributed by atoms with E-state index in [2.05, 4.69) is 5.32 Å². The van der Waals surface area contributed by atoms with Gasteiger partial charge in [0.1, 0.15) is 6.04 Å². The van der Waals surface area contributed by atoms with E-state index in [0.29, 0.717) is 12.0 Å². The average Bonchev–Trinajstić information content (AvgIpc) is 3.40. The molecule has 2 rings (SSSR count). The van der Waals surface area contributed by atoms with Gasteiger partial charge in [-0.25, -0.2) is 0 Å². The van der Waals surface area contributed by atoms with Crippen LogP contribution in [0.15, 0.2) is 30.3 Å². The molecule has 0 bridgehead atoms. The van der Waals surface area contributed by atoms with Crippen LogP contribution in [-0.2, 0) is 4.79 Å². The molecule has 0 aromatic heterocycles. The summed E-state index contributed by atoms with van der Waals surface area (Å²) in [7, 11) is 1.84. The van der Waals surface area contributed by atoms with E-state index < -0.39 is 6.04 Å². The van der Waals surface area contributed by atoms with Gasteiger partial charge in [0, 0.05) is 19.2 Å². The van der Waals surface area contributed by atoms with Gasteiger partial charge in [0.05, 0.1) is 0 Å². The average molecular weight is 334 g/mol. The summed E-state index contributed by atoms with van der Waals surface area (Å²) in [5.41, 5.74) is 0.593. The lowest BCUT2D eigenvalue weighted by Crippen LogP contribution is -2.48. The Hall–Kier alpha value is -1.49. The molecule has 1 atom stereocenters. The second kappa shape index (κ2) is 8.96. The van der Waals surface area contributed by atoms with Gasteiger partial charge in [-0.15, -0.1) is 0 Å². The van der Waals surface area contributed by atoms with Crippen molar-refractivity contribution in [3.8, 4) is 0 Å². The maximum Gasteiger partial charge on any atom is 0.251 e. The van der Waals surface area contributed by atoms with E-state index in [1.807, 2.05) is 31.5 Å². The van der Waals surface area contributed by atoms with Gasteiger partial charge in [0.2, 0.25) is 5.91 Å². The van der Waals surface area contributed by atoms with Crippen molar-refractivity contribution in [2.24, 2.45) is 5.92 Å². The maximum absolute atomic E-state index is 12.7. The molecule has 5 heteroatoms. The molecule has 126 valence electrons. The van der Waals surface area contributed by atoms with Crippen LogP contribution in [0.25, 0.3) is 0 Å². The summed E-state index contributed by atoms with van der Waals surface area (Å²) in [6, 6.07) is 8.62. The molecule has 1 fully saturated rings. The van der Waals surface area contributed by atoms with Gasteiger partial charge in [-0.1, -0.05) is 31.0 Å². The number of nitrogens with zero attached hydrogens (tertiary/aromatic N) is 1. The van der Waals surface area contributed by atoms with E-state index in [4.69, 9.17) is 0 Å². The van der Waals surface area contributed by atoms with Crippen molar-refractivity contribution in [1.82, 2.24) is 10.2 Å². The molecule has 1 aromatic rings. The van der Waals surface area contributed by atoms with Crippen molar-refractivity contribution in [2.45, 2.75) is 31.7 Å². The zero-order valence-electron chi connectivity index (χ0n) is 14.0. The molecule has 1 aromatic carbocycles. The van der Waals surface area contributed by atoms with Crippen LogP contribution in [0, 0.1) is 5.92 Å². The summed E-state index contributed by atoms with van der Waals surface area (Å²) in [5.74, 6) is 1.49. The van der Waals surface area contributed by atoms with Crippen molar-refractivity contribution < 1.29 is 9.59 Å². The zero-order chi connectivity index (χ0) is 16.7. The monoisotopic (exact) mass is 334 g/mol. The van der Waals surface area contributed by atoms with Gasteiger partial charge >= 0.3 is 0 Å². The highest BCUT2D eigenvalue weighted by Crippen LogP contribution is 2.32. The van der Waals surface area contributed by atoms with Crippen molar-refractivity contribution >= 4 is 23.6 Å². The molecular weight excluding hydrogens is 308 g/mol. The largest absolute Gasteiger partial charge is 0.344 e. The Morgan fingerprint density at radius 2 is 2.00 bits per heavy atom. The number of benzene rings is 1. The SMILES string of the molecule is CSCCC(NC(=O)c1ccccc1)C(=O)N(C)CCC1CC1. The first-order valence-corrected chi connectivity index (χ1v) is 9.61. The summed E-state index contributed by atoms with van der Waals surface area (Å²) < 4.78 is 0. The second-order valence-electron chi connectivity index (χ2n) is 6.17. The standard InChI is InChI=1S/C18H26N2O2S/c1-20(12-10-14-8-9-14)18(22)16(11-13-23-2)19-17(21)15-6-4-3-5-7-15/h3-7,14,16H,8-13H2,1-2H3,(H,19,21). The molecule has 0 saturated heterocycles. The van der Waals surface area contributed by atoms with Gasteiger partial charge in [-0.2, -0.15) is 11.8 Å². The van der Waals surface area contributed by atoms with Gasteiger partial charge in [0.25, 0.3) is 5.91 Å². The van der Waals surface area contributed by atoms with Crippen molar-refractivity contribution in [3.05, 3.63) is 35.9 Å². The van der Waals surface area contributed by atoms with Gasteiger partial charge in [0.15, 0.2) is 0 Å². The van der Waals surface area contributed by atoms with Crippen LogP contribution in [-0.4, -0.2) is 48.4 Å². The summed E-state index contributed by atoms with van der Waals surface area (Å²) in [5, 5.41) is 2.91. The Balaban J connectivity index is 1.94. The number of carbonyl (C=O) groups is 2. The lowest BCUT2D eigenvalue weighted by atomic mass is 10.1. The molecule has 0 aliphatic heterocycles. The van der Waals surface area contributed by atoms with Crippen molar-refractivity contribution in [1.29, 1.82) is 0 Å². The molecular formula is C18H26N2O2S. The zero-order valence-corrected chi connectivity index (χ0v) is 14.8. The Bertz CT molecular complexity index is 517. The van der Waals surface area contributed by atoms with E-state index in [-0.39, 0.29) is 11.8 Å². The number of hydrogen-bond acceptors (Lipinski definition) is 3. The number of thioether (sulfide) groups is 1. The van der Waals surface area contributed by atoms with Gasteiger partial charge in [-0.3, -0.25) is 9.59 Å². The van der Waals surface area contributed by atoms with E-state index in [9.17, 15) is 9.59 Å². The molecule has 0 radical (unpaired) electrons. The molecule has 1 aliphatic carbocycles. The lowest BCUT2D eigenvalue weighted by Gasteiger charge is -2.24. The number of amides is 2. The molecule has 4 nitrogen and oxygen atoms in total. The smallest absolute Gasteiger partial charge is 0.251 e. The summed E-state index contributed by atoms with van der Waals surface area (Å²) in [6.07, 6.45) is 6.33. The first kappa shape index (κ1) is 17.9. The first-order valence-electron chi connectivity index (χ1n) is 8.21. The maximum atomic E-state index is 12.7. The number of nitrogens with one attached hydrogen (secondary N) is 1. The second-order valence-corrected chi connectivity index (χ2v) is 7.15. The third-order valence-electron chi connectivity index (χ3n) is 4.20. The van der Waals surface area contributed by atoms with Gasteiger partial charge < -0.3 is 10.2 Å². The molecule has 23 heavy (non-hydrogen) atoms. The minimum atomic E-state index is -0.445. The van der Waals surface area contributed by atoms with Crippen LogP contribution in [0.1, 0.15) is 36.0 Å². The Labute approximate surface area is 143 Å². The predicted molar refractivity (Wildman–Crippen MR) is 95.7 cm³/mol. The van der Waals surface area contributed by atoms with Crippen molar-refractivity contribution in [2.75, 3.05) is 25.6 Å². The van der Waals surface area contributed by atoms with Crippen LogP contribution >= 0.6 is 11.8 Å². The van der Waals surface area contributed by atoms with Gasteiger partial charge in [-0.05, 0) is 42.9 Å². The number of carbonyl (C=O) groups excluding carboxylic acids is 2. The fourth-order valence-corrected chi connectivity index (χ4v) is 2.95. The highest BCUT2D eigenvalue weighted by molar-refractivity contribution is 7.98. The summed E-state index contributed by atoms with van der Waals surface area (Å²) in [6.45, 7) is 0.778. The molecule has 0 spiro atoms. The Morgan fingerprint density at radius 3 is 2.61 bits per heavy atom. The highest BCUT2D eigenvalue weighted by atomic mass is 32.2. The molecule has 1 aliphatic rings. The van der Waals surface area contributed by atoms with Crippen LogP contribution in [0.4, 0.5) is 0 Å². The minimum Gasteiger partial charge on any atom is -0.344 e. The normalized spacial score (nSPS) is 15.0. The van der Waals surface area contributed by atoms with Crippen LogP contribution in [0.3, 0.4) is 0 Å². The molecule has 1 N–H and O–H groups in total. The topological polar surface area (TPSA) is 49.4 Å². The van der Waals surface area contributed by atoms with E-state index in [1.165, 1.54) is 12.8 Å². The lowest BCUT2D eigenvalue weighted by molar-refractivity contribution is -0.132. The highest BCUT2D eigenvalue weighted by Gasteiger charge is 2.26. The minimum absolute atomic E-state index is 0.0176. The molecule has 0 heterocycles. The summed E-state index contributed by atoms with van der Waals surface area (Å²) >= 11 is 1.69. The summed E-state index contributed by atoms with van der Waals surface area (Å²) in [4.78, 5) is 26.8. The van der Waals surface area contributed by atoms with E-state index >= 15 is 0 Å². The molecule has 1 unspecified atom stereocenters. The predicted octanol–water partition coefficient (Wildman–Crippen LogP) is 2.80. The Kier molecular flexibility index (Phi) is 6.96. The quantitative estimate of drug-likeness (QED) is 0.755. The molecule has 2 amide bonds. The first-order chi connectivity index (χ1) is 11.1. The third-order valence-corrected chi connectivity index (χ3v) is 4.84. The molecule has 1 saturated carbocycles. The van der Waals surface area contributed by atoms with Crippen LogP contribution in [0.2, 0.25) is 0 Å². The number of hydrogen-bond donors (Lipinski definition) is 1. The van der Waals surface area contributed by atoms with Crippen LogP contribution in [0.5, 0.6) is 0 Å². The third kappa shape index (κ3) is 5.90. The Morgan fingerprint density at radius 1 is 1.30 bits per heavy atom. The van der Waals surface area contributed by atoms with Crippen molar-refractivity contribution in [3.63, 3.8) is 0 Å². The van der Waals surface area contributed by atoms with E-state index in [0.717, 1.165) is 24.6 Å². The number of likely N-dealkylation sites (N-methyl/N-ethyl adjacent to an activating group) is 1. The van der Waals surface area contributed by atoms with E-state index in [1.54, 1.807) is 28.8 Å². The van der Waals surface area contributed by atoms with Crippen LogP contribution < -0.4 is 5.32 Å². The fraction of sp³-hybridized carbons (Fsp3) is 0.556. The number of rotatable bonds is 9. The fourth-order valence-electron chi connectivity index (χ4n) is 2.48.